The quantitative estimate of drug-likeness (QED) is 0.798. The van der Waals surface area contributed by atoms with Gasteiger partial charge in [0, 0.05) is 5.69 Å². The smallest absolute Gasteiger partial charge is 0.241 e. The Hall–Kier alpha value is -1.35. The zero-order chi connectivity index (χ0) is 16.0. The average Bonchev–Trinajstić information content (AvgIpc) is 2.38. The van der Waals surface area contributed by atoms with Crippen molar-refractivity contribution < 1.29 is 4.79 Å². The summed E-state index contributed by atoms with van der Waals surface area (Å²) >= 11 is 0. The molecule has 1 amide bonds. The van der Waals surface area contributed by atoms with Crippen LogP contribution in [0.4, 0.5) is 5.69 Å². The van der Waals surface area contributed by atoms with Crippen molar-refractivity contribution in [3.8, 4) is 0 Å². The number of amides is 1. The minimum atomic E-state index is -0.113. The highest BCUT2D eigenvalue weighted by molar-refractivity contribution is 5.96. The molecule has 0 saturated carbocycles. The summed E-state index contributed by atoms with van der Waals surface area (Å²) in [5.74, 6) is 0.618. The van der Waals surface area contributed by atoms with E-state index in [1.165, 1.54) is 5.56 Å². The van der Waals surface area contributed by atoms with Crippen molar-refractivity contribution in [1.29, 1.82) is 0 Å². The summed E-state index contributed by atoms with van der Waals surface area (Å²) in [5, 5.41) is 6.49. The van der Waals surface area contributed by atoms with Crippen molar-refractivity contribution in [2.24, 2.45) is 5.92 Å². The highest BCUT2D eigenvalue weighted by Gasteiger charge is 2.18. The molecule has 1 unspecified atom stereocenters. The minimum Gasteiger partial charge on any atom is -0.324 e. The Labute approximate surface area is 129 Å². The van der Waals surface area contributed by atoms with Crippen molar-refractivity contribution in [2.45, 2.75) is 60.4 Å². The van der Waals surface area contributed by atoms with E-state index in [4.69, 9.17) is 0 Å². The van der Waals surface area contributed by atoms with Crippen LogP contribution in [-0.4, -0.2) is 18.5 Å². The molecule has 1 rings (SSSR count). The number of nitrogens with one attached hydrogen (secondary N) is 2. The van der Waals surface area contributed by atoms with Crippen LogP contribution in [-0.2, 0) is 4.79 Å². The van der Waals surface area contributed by atoms with Gasteiger partial charge in [0.15, 0.2) is 0 Å². The molecule has 1 aromatic carbocycles. The van der Waals surface area contributed by atoms with Crippen molar-refractivity contribution in [3.05, 3.63) is 28.8 Å². The number of hydrogen-bond acceptors (Lipinski definition) is 2. The lowest BCUT2D eigenvalue weighted by atomic mass is 10.0. The first-order valence-electron chi connectivity index (χ1n) is 7.97. The van der Waals surface area contributed by atoms with E-state index in [0.29, 0.717) is 5.92 Å². The van der Waals surface area contributed by atoms with Gasteiger partial charge in [-0.2, -0.15) is 0 Å². The van der Waals surface area contributed by atoms with Crippen molar-refractivity contribution in [3.63, 3.8) is 0 Å². The second-order valence-electron chi connectivity index (χ2n) is 6.41. The maximum absolute atomic E-state index is 12.5. The summed E-state index contributed by atoms with van der Waals surface area (Å²) in [6, 6.07) is 4.11. The second kappa shape index (κ2) is 8.18. The number of carbonyl (C=O) groups is 1. The predicted octanol–water partition coefficient (Wildman–Crippen LogP) is 3.96. The number of hydrogen-bond donors (Lipinski definition) is 2. The lowest BCUT2D eigenvalue weighted by Crippen LogP contribution is -2.42. The van der Waals surface area contributed by atoms with E-state index >= 15 is 0 Å². The van der Waals surface area contributed by atoms with E-state index in [1.54, 1.807) is 0 Å². The van der Waals surface area contributed by atoms with Crippen LogP contribution in [0.1, 0.15) is 50.3 Å². The summed E-state index contributed by atoms with van der Waals surface area (Å²) in [5.41, 5.74) is 4.43. The van der Waals surface area contributed by atoms with Gasteiger partial charge in [-0.25, -0.2) is 0 Å². The standard InChI is InChI=1S/C18H30N2O/c1-7-8-16(19-11-12(2)3)18(21)20-17-14(5)9-13(4)10-15(17)6/h9-10,12,16,19H,7-8,11H2,1-6H3,(H,20,21). The van der Waals surface area contributed by atoms with Gasteiger partial charge in [0.25, 0.3) is 0 Å². The number of rotatable bonds is 7. The van der Waals surface area contributed by atoms with Crippen LogP contribution in [0.2, 0.25) is 0 Å². The number of carbonyl (C=O) groups excluding carboxylic acids is 1. The zero-order valence-corrected chi connectivity index (χ0v) is 14.3. The van der Waals surface area contributed by atoms with E-state index < -0.39 is 0 Å². The molecular formula is C18H30N2O. The number of anilines is 1. The van der Waals surface area contributed by atoms with E-state index in [9.17, 15) is 4.79 Å². The van der Waals surface area contributed by atoms with Crippen LogP contribution < -0.4 is 10.6 Å². The summed E-state index contributed by atoms with van der Waals surface area (Å²) in [6.45, 7) is 13.5. The fraction of sp³-hybridized carbons (Fsp3) is 0.611. The molecule has 0 radical (unpaired) electrons. The molecule has 1 atom stereocenters. The molecule has 0 aliphatic heterocycles. The molecule has 2 N–H and O–H groups in total. The second-order valence-corrected chi connectivity index (χ2v) is 6.41. The molecule has 0 aromatic heterocycles. The molecule has 3 nitrogen and oxygen atoms in total. The summed E-state index contributed by atoms with van der Waals surface area (Å²) < 4.78 is 0. The largest absolute Gasteiger partial charge is 0.324 e. The molecule has 0 spiro atoms. The average molecular weight is 290 g/mol. The van der Waals surface area contributed by atoms with E-state index in [2.05, 4.69) is 50.5 Å². The topological polar surface area (TPSA) is 41.1 Å². The maximum atomic E-state index is 12.5. The maximum Gasteiger partial charge on any atom is 0.241 e. The Kier molecular flexibility index (Phi) is 6.90. The Morgan fingerprint density at radius 2 is 1.71 bits per heavy atom. The monoisotopic (exact) mass is 290 g/mol. The fourth-order valence-electron chi connectivity index (χ4n) is 2.58. The molecule has 118 valence electrons. The van der Waals surface area contributed by atoms with Crippen molar-refractivity contribution in [2.75, 3.05) is 11.9 Å². The molecule has 3 heteroatoms. The third kappa shape index (κ3) is 5.50. The first-order chi connectivity index (χ1) is 9.85. The van der Waals surface area contributed by atoms with Gasteiger partial charge in [0.1, 0.15) is 0 Å². The van der Waals surface area contributed by atoms with Gasteiger partial charge < -0.3 is 10.6 Å². The zero-order valence-electron chi connectivity index (χ0n) is 14.3. The summed E-state index contributed by atoms with van der Waals surface area (Å²) in [6.07, 6.45) is 1.86. The highest BCUT2D eigenvalue weighted by atomic mass is 16.2. The molecule has 0 aliphatic rings. The Morgan fingerprint density at radius 1 is 1.14 bits per heavy atom. The number of aryl methyl sites for hydroxylation is 3. The van der Waals surface area contributed by atoms with Gasteiger partial charge in [-0.3, -0.25) is 4.79 Å². The first-order valence-corrected chi connectivity index (χ1v) is 7.97. The third-order valence-corrected chi connectivity index (χ3v) is 3.59. The number of benzene rings is 1. The van der Waals surface area contributed by atoms with Crippen molar-refractivity contribution >= 4 is 11.6 Å². The Morgan fingerprint density at radius 3 is 2.19 bits per heavy atom. The van der Waals surface area contributed by atoms with E-state index in [0.717, 1.165) is 36.2 Å². The molecule has 1 aromatic rings. The van der Waals surface area contributed by atoms with Gasteiger partial charge in [0.05, 0.1) is 6.04 Å². The highest BCUT2D eigenvalue weighted by Crippen LogP contribution is 2.22. The van der Waals surface area contributed by atoms with E-state index in [-0.39, 0.29) is 11.9 Å². The Balaban J connectivity index is 2.81. The SMILES string of the molecule is CCCC(NCC(C)C)C(=O)Nc1c(C)cc(C)cc1C. The summed E-state index contributed by atoms with van der Waals surface area (Å²) in [7, 11) is 0. The van der Waals surface area contributed by atoms with Crippen LogP contribution in [0.25, 0.3) is 0 Å². The fourth-order valence-corrected chi connectivity index (χ4v) is 2.58. The Bertz CT molecular complexity index is 457. The van der Waals surface area contributed by atoms with E-state index in [1.807, 2.05) is 13.8 Å². The molecule has 0 saturated heterocycles. The van der Waals surface area contributed by atoms with Crippen LogP contribution >= 0.6 is 0 Å². The minimum absolute atomic E-state index is 0.0764. The first kappa shape index (κ1) is 17.7. The normalized spacial score (nSPS) is 12.5. The molecule has 0 aliphatic carbocycles. The molecule has 0 heterocycles. The third-order valence-electron chi connectivity index (χ3n) is 3.59. The summed E-state index contributed by atoms with van der Waals surface area (Å²) in [4.78, 5) is 12.5. The van der Waals surface area contributed by atoms with Gasteiger partial charge >= 0.3 is 0 Å². The van der Waals surface area contributed by atoms with Crippen molar-refractivity contribution in [1.82, 2.24) is 5.32 Å². The van der Waals surface area contributed by atoms with Gasteiger partial charge in [0.2, 0.25) is 5.91 Å². The van der Waals surface area contributed by atoms with Crippen LogP contribution in [0, 0.1) is 26.7 Å². The van der Waals surface area contributed by atoms with Crippen LogP contribution in [0.3, 0.4) is 0 Å². The predicted molar refractivity (Wildman–Crippen MR) is 90.8 cm³/mol. The molecular weight excluding hydrogens is 260 g/mol. The van der Waals surface area contributed by atoms with Crippen LogP contribution in [0.15, 0.2) is 12.1 Å². The van der Waals surface area contributed by atoms with Crippen LogP contribution in [0.5, 0.6) is 0 Å². The van der Waals surface area contributed by atoms with Gasteiger partial charge in [-0.05, 0) is 50.8 Å². The molecule has 0 bridgehead atoms. The lowest BCUT2D eigenvalue weighted by molar-refractivity contribution is -0.118. The lowest BCUT2D eigenvalue weighted by Gasteiger charge is -2.21. The van der Waals surface area contributed by atoms with Gasteiger partial charge in [-0.15, -0.1) is 0 Å². The van der Waals surface area contributed by atoms with Gasteiger partial charge in [-0.1, -0.05) is 44.9 Å². The molecule has 0 fully saturated rings. The molecule has 21 heavy (non-hydrogen) atoms.